The van der Waals surface area contributed by atoms with E-state index in [0.29, 0.717) is 25.9 Å². The van der Waals surface area contributed by atoms with Crippen LogP contribution < -0.4 is 5.32 Å². The second kappa shape index (κ2) is 17.7. The zero-order valence-corrected chi connectivity index (χ0v) is 32.9. The summed E-state index contributed by atoms with van der Waals surface area (Å²) in [5.41, 5.74) is -0.468. The van der Waals surface area contributed by atoms with E-state index in [9.17, 15) is 19.5 Å². The number of Topliss-reactive ketones (excluding diaryl/α,β-unsaturated/α-hetero) is 2. The Morgan fingerprint density at radius 1 is 1.10 bits per heavy atom. The first kappa shape index (κ1) is 42.2. The quantitative estimate of drug-likeness (QED) is 0.155. The zero-order chi connectivity index (χ0) is 38.5. The molecule has 0 bridgehead atoms. The number of carbonyl (C=O) groups excluding carboxylic acids is 3. The molecule has 0 saturated carbocycles. The van der Waals surface area contributed by atoms with Crippen LogP contribution in [0.4, 0.5) is 0 Å². The van der Waals surface area contributed by atoms with Crippen molar-refractivity contribution in [2.45, 2.75) is 129 Å². The molecule has 0 aliphatic carbocycles. The number of aliphatic hydroxyl groups excluding tert-OH is 1. The van der Waals surface area contributed by atoms with Crippen molar-refractivity contribution in [1.82, 2.24) is 15.2 Å². The average Bonchev–Trinajstić information content (AvgIpc) is 3.42. The van der Waals surface area contributed by atoms with Crippen molar-refractivity contribution >= 4 is 17.5 Å². The number of esters is 1. The third kappa shape index (κ3) is 9.19. The number of rotatable bonds is 10. The number of likely N-dealkylation sites (N-methyl/N-ethyl adjacent to an activating group) is 1. The molecule has 0 aromatic carbocycles. The van der Waals surface area contributed by atoms with Crippen LogP contribution in [0.1, 0.15) is 80.2 Å². The Labute approximate surface area is 310 Å². The summed E-state index contributed by atoms with van der Waals surface area (Å²) in [6.07, 6.45) is 0.611. The van der Waals surface area contributed by atoms with Gasteiger partial charge < -0.3 is 39.0 Å². The van der Waals surface area contributed by atoms with Crippen LogP contribution in [0.15, 0.2) is 36.7 Å². The lowest BCUT2D eigenvalue weighted by molar-refractivity contribution is -0.297. The summed E-state index contributed by atoms with van der Waals surface area (Å²) in [4.78, 5) is 48.8. The Hall–Kier alpha value is -2.58. The van der Waals surface area contributed by atoms with Crippen molar-refractivity contribution in [3.63, 3.8) is 0 Å². The number of aliphatic hydroxyl groups is 1. The molecule has 3 aliphatic rings. The summed E-state index contributed by atoms with van der Waals surface area (Å²) >= 11 is 0. The number of cyclic esters (lactones) is 1. The number of carbonyl (C=O) groups is 3. The third-order valence-corrected chi connectivity index (χ3v) is 11.6. The predicted octanol–water partition coefficient (Wildman–Crippen LogP) is 4.13. The molecule has 0 radical (unpaired) electrons. The van der Waals surface area contributed by atoms with Gasteiger partial charge in [-0.3, -0.25) is 19.4 Å². The van der Waals surface area contributed by atoms with E-state index in [-0.39, 0.29) is 37.6 Å². The first-order valence-electron chi connectivity index (χ1n) is 18.9. The van der Waals surface area contributed by atoms with Crippen LogP contribution in [-0.4, -0.2) is 114 Å². The normalized spacial score (nSPS) is 39.7. The van der Waals surface area contributed by atoms with Gasteiger partial charge >= 0.3 is 5.97 Å². The predicted molar refractivity (Wildman–Crippen MR) is 196 cm³/mol. The van der Waals surface area contributed by atoms with Crippen molar-refractivity contribution in [2.24, 2.45) is 29.6 Å². The maximum Gasteiger partial charge on any atom is 0.316 e. The molecule has 12 heteroatoms. The molecular weight excluding hydrogens is 666 g/mol. The lowest BCUT2D eigenvalue weighted by Gasteiger charge is -2.47. The largest absolute Gasteiger partial charge is 0.459 e. The summed E-state index contributed by atoms with van der Waals surface area (Å²) in [6.45, 7) is 20.3. The number of ketones is 2. The van der Waals surface area contributed by atoms with Crippen LogP contribution in [0.3, 0.4) is 0 Å². The molecule has 292 valence electrons. The highest BCUT2D eigenvalue weighted by Crippen LogP contribution is 2.46. The fourth-order valence-electron chi connectivity index (χ4n) is 8.74. The molecule has 52 heavy (non-hydrogen) atoms. The Morgan fingerprint density at radius 2 is 1.81 bits per heavy atom. The molecule has 3 fully saturated rings. The van der Waals surface area contributed by atoms with E-state index in [2.05, 4.69) is 16.9 Å². The Morgan fingerprint density at radius 3 is 2.44 bits per heavy atom. The number of ether oxygens (including phenoxy) is 5. The standard InChI is InChI=1S/C40H63N3O9/c1-12-31-40(9)32(24(3)22-49-40)26(5)33(44)23(2)19-39(8,48-17-16-42-21-29-14-13-15-41-20-29)36(27(6)34(45)28(7)37(47)51-31)52-38-35(46)30(43(10)11)18-25(4)50-38/h13-15,20,23,25-28,30-32,35-36,38,42,46H,3,12,16-19,21-22H2,1-2,4-11H3/t23-,25-,26?,27+,28?,30+,31-,32+,35-,36-,38+,39-,40-/m1/s1. The fraction of sp³-hybridized carbons (Fsp3) is 0.750. The van der Waals surface area contributed by atoms with Crippen LogP contribution >= 0.6 is 0 Å². The highest BCUT2D eigenvalue weighted by atomic mass is 16.7. The van der Waals surface area contributed by atoms with Crippen LogP contribution in [0.2, 0.25) is 0 Å². The molecule has 0 amide bonds. The van der Waals surface area contributed by atoms with Crippen molar-refractivity contribution in [3.05, 3.63) is 42.2 Å². The first-order valence-corrected chi connectivity index (χ1v) is 18.9. The molecule has 0 spiro atoms. The smallest absolute Gasteiger partial charge is 0.316 e. The molecule has 3 saturated heterocycles. The molecule has 4 heterocycles. The second-order valence-electron chi connectivity index (χ2n) is 16.0. The van der Waals surface area contributed by atoms with E-state index in [1.54, 1.807) is 26.2 Å². The van der Waals surface area contributed by atoms with Gasteiger partial charge in [-0.25, -0.2) is 0 Å². The molecule has 13 atom stereocenters. The van der Waals surface area contributed by atoms with Gasteiger partial charge in [-0.05, 0) is 78.3 Å². The first-order chi connectivity index (χ1) is 24.4. The fourth-order valence-corrected chi connectivity index (χ4v) is 8.74. The number of fused-ring (bicyclic) bond motifs is 1. The zero-order valence-electron chi connectivity index (χ0n) is 32.9. The van der Waals surface area contributed by atoms with Gasteiger partial charge in [-0.2, -0.15) is 0 Å². The van der Waals surface area contributed by atoms with Gasteiger partial charge in [-0.15, -0.1) is 0 Å². The van der Waals surface area contributed by atoms with Crippen molar-refractivity contribution in [1.29, 1.82) is 0 Å². The number of aromatic nitrogens is 1. The molecule has 12 nitrogen and oxygen atoms in total. The number of nitrogens with zero attached hydrogens (tertiary/aromatic N) is 2. The highest BCUT2D eigenvalue weighted by molar-refractivity contribution is 6.00. The van der Waals surface area contributed by atoms with Gasteiger partial charge in [0.1, 0.15) is 29.5 Å². The minimum Gasteiger partial charge on any atom is -0.459 e. The van der Waals surface area contributed by atoms with E-state index in [4.69, 9.17) is 23.7 Å². The van der Waals surface area contributed by atoms with Gasteiger partial charge in [0.25, 0.3) is 0 Å². The highest BCUT2D eigenvalue weighted by Gasteiger charge is 2.55. The lowest BCUT2D eigenvalue weighted by Crippen LogP contribution is -2.59. The lowest BCUT2D eigenvalue weighted by atomic mass is 9.69. The topological polar surface area (TPSA) is 146 Å². The molecule has 3 aliphatic heterocycles. The summed E-state index contributed by atoms with van der Waals surface area (Å²) < 4.78 is 32.1. The van der Waals surface area contributed by atoms with E-state index in [1.165, 1.54) is 0 Å². The van der Waals surface area contributed by atoms with E-state index < -0.39 is 77.1 Å². The van der Waals surface area contributed by atoms with Gasteiger partial charge in [0.2, 0.25) is 0 Å². The van der Waals surface area contributed by atoms with E-state index >= 15 is 0 Å². The molecule has 2 N–H and O–H groups in total. The average molecular weight is 730 g/mol. The SMILES string of the molecule is C=C1CO[C@]2(C)[C@@H](CC)OC(=O)C(C)C(=O)[C@H](C)[C@@H](O[C@@H]3O[C@H](C)C[C@H](N(C)C)[C@H]3O)[C@](C)(OCCNCc3cccnc3)C[C@@H](C)C(=O)C(C)[C@H]12. The van der Waals surface area contributed by atoms with Crippen molar-refractivity contribution < 1.29 is 43.2 Å². The van der Waals surface area contributed by atoms with Crippen LogP contribution in [0, 0.1) is 29.6 Å². The summed E-state index contributed by atoms with van der Waals surface area (Å²) in [7, 11) is 3.78. The molecule has 1 aromatic rings. The molecule has 4 rings (SSSR count). The molecule has 2 unspecified atom stereocenters. The number of hydrogen-bond donors (Lipinski definition) is 2. The van der Waals surface area contributed by atoms with Crippen molar-refractivity contribution in [3.8, 4) is 0 Å². The number of nitrogens with one attached hydrogen (secondary N) is 1. The third-order valence-electron chi connectivity index (χ3n) is 11.6. The van der Waals surface area contributed by atoms with Crippen LogP contribution in [0.5, 0.6) is 0 Å². The van der Waals surface area contributed by atoms with E-state index in [0.717, 1.165) is 11.1 Å². The summed E-state index contributed by atoms with van der Waals surface area (Å²) in [5, 5.41) is 14.9. The number of hydrogen-bond acceptors (Lipinski definition) is 12. The maximum absolute atomic E-state index is 14.5. The minimum atomic E-state index is -1.25. The monoisotopic (exact) mass is 729 g/mol. The Bertz CT molecular complexity index is 1390. The van der Waals surface area contributed by atoms with Crippen molar-refractivity contribution in [2.75, 3.05) is 33.9 Å². The number of pyridine rings is 1. The summed E-state index contributed by atoms with van der Waals surface area (Å²) in [6, 6.07) is 3.59. The Kier molecular flexibility index (Phi) is 14.4. The van der Waals surface area contributed by atoms with Gasteiger partial charge in [-0.1, -0.05) is 40.3 Å². The Balaban J connectivity index is 1.75. The molecule has 1 aromatic heterocycles. The van der Waals surface area contributed by atoms with E-state index in [1.807, 2.05) is 72.7 Å². The molecular formula is C40H63N3O9. The second-order valence-corrected chi connectivity index (χ2v) is 16.0. The van der Waals surface area contributed by atoms with Gasteiger partial charge in [0.15, 0.2) is 12.1 Å². The van der Waals surface area contributed by atoms with Crippen LogP contribution in [-0.2, 0) is 44.6 Å². The minimum absolute atomic E-state index is 0.0213. The van der Waals surface area contributed by atoms with Gasteiger partial charge in [0.05, 0.1) is 31.0 Å². The van der Waals surface area contributed by atoms with Crippen LogP contribution in [0.25, 0.3) is 0 Å². The van der Waals surface area contributed by atoms with Gasteiger partial charge in [0, 0.05) is 55.2 Å². The summed E-state index contributed by atoms with van der Waals surface area (Å²) in [5.74, 6) is -4.64. The maximum atomic E-state index is 14.5.